The molecule has 0 saturated heterocycles. The van der Waals surface area contributed by atoms with E-state index in [4.69, 9.17) is 28.0 Å². The number of halogens is 5. The number of amides is 1. The van der Waals surface area contributed by atoms with Crippen LogP contribution in [0.15, 0.2) is 48.5 Å². The summed E-state index contributed by atoms with van der Waals surface area (Å²) in [5, 5.41) is 0.108. The molecule has 5 nitrogen and oxygen atoms in total. The SMILES string of the molecule is CC(=O)NNc1cccc(C2=CC(c3cc(Cl)cc(Cl)c3)(C(F)(F)F)ON2)c1. The van der Waals surface area contributed by atoms with Gasteiger partial charge in [-0.1, -0.05) is 35.3 Å². The van der Waals surface area contributed by atoms with E-state index < -0.39 is 11.8 Å². The average Bonchev–Trinajstić information content (AvgIpc) is 3.06. The lowest BCUT2D eigenvalue weighted by Gasteiger charge is -2.28. The van der Waals surface area contributed by atoms with Gasteiger partial charge < -0.3 is 0 Å². The maximum atomic E-state index is 14.0. The van der Waals surface area contributed by atoms with Gasteiger partial charge in [-0.15, -0.1) is 0 Å². The average molecular weight is 432 g/mol. The smallest absolute Gasteiger partial charge is 0.299 e. The van der Waals surface area contributed by atoms with Crippen molar-refractivity contribution in [1.29, 1.82) is 0 Å². The number of hydrazine groups is 1. The molecule has 10 heteroatoms. The lowest BCUT2D eigenvalue weighted by Crippen LogP contribution is -2.42. The maximum absolute atomic E-state index is 14.0. The van der Waals surface area contributed by atoms with Gasteiger partial charge in [-0.2, -0.15) is 13.2 Å². The first-order valence-electron chi connectivity index (χ1n) is 7.94. The van der Waals surface area contributed by atoms with Gasteiger partial charge in [0.2, 0.25) is 11.5 Å². The third-order valence-electron chi connectivity index (χ3n) is 3.94. The Morgan fingerprint density at radius 1 is 1.14 bits per heavy atom. The van der Waals surface area contributed by atoms with Gasteiger partial charge in [-0.05, 0) is 36.4 Å². The van der Waals surface area contributed by atoms with Gasteiger partial charge in [0.1, 0.15) is 0 Å². The van der Waals surface area contributed by atoms with Gasteiger partial charge in [0.15, 0.2) is 0 Å². The van der Waals surface area contributed by atoms with Crippen LogP contribution >= 0.6 is 23.2 Å². The molecule has 1 atom stereocenters. The molecule has 148 valence electrons. The Balaban J connectivity index is 2.03. The molecule has 0 bridgehead atoms. The zero-order chi connectivity index (χ0) is 20.5. The Bertz CT molecular complexity index is 930. The fourth-order valence-corrected chi connectivity index (χ4v) is 3.20. The summed E-state index contributed by atoms with van der Waals surface area (Å²) in [6, 6.07) is 10.0. The molecule has 1 amide bonds. The first kappa shape index (κ1) is 20.3. The summed E-state index contributed by atoms with van der Waals surface area (Å²) in [7, 11) is 0. The van der Waals surface area contributed by atoms with E-state index in [1.165, 1.54) is 13.0 Å². The molecule has 1 aliphatic heterocycles. The topological polar surface area (TPSA) is 62.4 Å². The van der Waals surface area contributed by atoms with Crippen LogP contribution in [-0.2, 0) is 15.2 Å². The van der Waals surface area contributed by atoms with Crippen LogP contribution in [0.1, 0.15) is 18.1 Å². The second kappa shape index (κ2) is 7.54. The van der Waals surface area contributed by atoms with E-state index in [2.05, 4.69) is 16.3 Å². The van der Waals surface area contributed by atoms with E-state index in [0.717, 1.165) is 18.2 Å². The van der Waals surface area contributed by atoms with Crippen molar-refractivity contribution in [3.63, 3.8) is 0 Å². The van der Waals surface area contributed by atoms with E-state index in [0.29, 0.717) is 11.3 Å². The van der Waals surface area contributed by atoms with E-state index in [1.54, 1.807) is 24.3 Å². The van der Waals surface area contributed by atoms with Crippen molar-refractivity contribution in [2.75, 3.05) is 5.43 Å². The first-order valence-corrected chi connectivity index (χ1v) is 8.69. The fourth-order valence-electron chi connectivity index (χ4n) is 2.68. The minimum absolute atomic E-state index is 0.0538. The molecule has 28 heavy (non-hydrogen) atoms. The monoisotopic (exact) mass is 431 g/mol. The molecular formula is C18H14Cl2F3N3O2. The normalized spacial score (nSPS) is 19.0. The van der Waals surface area contributed by atoms with Crippen molar-refractivity contribution in [3.05, 3.63) is 69.7 Å². The van der Waals surface area contributed by atoms with Crippen LogP contribution in [0, 0.1) is 0 Å². The van der Waals surface area contributed by atoms with E-state index in [-0.39, 0.29) is 27.2 Å². The van der Waals surface area contributed by atoms with Crippen LogP contribution in [0.4, 0.5) is 18.9 Å². The molecule has 0 aromatic heterocycles. The van der Waals surface area contributed by atoms with Crippen molar-refractivity contribution in [2.45, 2.75) is 18.7 Å². The van der Waals surface area contributed by atoms with Crippen LogP contribution in [0.5, 0.6) is 0 Å². The maximum Gasteiger partial charge on any atom is 0.428 e. The summed E-state index contributed by atoms with van der Waals surface area (Å²) < 4.78 is 42.0. The molecule has 1 heterocycles. The highest BCUT2D eigenvalue weighted by Crippen LogP contribution is 2.48. The van der Waals surface area contributed by atoms with E-state index in [9.17, 15) is 18.0 Å². The molecule has 0 fully saturated rings. The highest BCUT2D eigenvalue weighted by molar-refractivity contribution is 6.34. The van der Waals surface area contributed by atoms with Crippen molar-refractivity contribution >= 4 is 40.5 Å². The summed E-state index contributed by atoms with van der Waals surface area (Å²) in [6.07, 6.45) is -3.87. The summed E-state index contributed by atoms with van der Waals surface area (Å²) in [5.74, 6) is -0.319. The molecule has 0 saturated carbocycles. The van der Waals surface area contributed by atoms with Gasteiger partial charge in [-0.3, -0.25) is 26.0 Å². The second-order valence-electron chi connectivity index (χ2n) is 6.04. The zero-order valence-electron chi connectivity index (χ0n) is 14.3. The summed E-state index contributed by atoms with van der Waals surface area (Å²) in [6.45, 7) is 1.32. The fraction of sp³-hybridized carbons (Fsp3) is 0.167. The van der Waals surface area contributed by atoms with E-state index >= 15 is 0 Å². The third-order valence-corrected chi connectivity index (χ3v) is 4.37. The van der Waals surface area contributed by atoms with Crippen LogP contribution in [0.3, 0.4) is 0 Å². The number of benzene rings is 2. The van der Waals surface area contributed by atoms with Crippen LogP contribution in [-0.4, -0.2) is 12.1 Å². The molecule has 1 aliphatic rings. The van der Waals surface area contributed by atoms with Gasteiger partial charge in [0.25, 0.3) is 0 Å². The Hall–Kier alpha value is -2.42. The van der Waals surface area contributed by atoms with Crippen LogP contribution in [0.25, 0.3) is 5.70 Å². The lowest BCUT2D eigenvalue weighted by molar-refractivity contribution is -0.269. The molecule has 0 radical (unpaired) electrons. The molecule has 0 spiro atoms. The number of hydroxylamine groups is 1. The lowest BCUT2D eigenvalue weighted by atomic mass is 9.91. The number of hydrogen-bond acceptors (Lipinski definition) is 4. The predicted molar refractivity (Wildman–Crippen MR) is 100 cm³/mol. The van der Waals surface area contributed by atoms with Crippen LogP contribution in [0.2, 0.25) is 10.0 Å². The summed E-state index contributed by atoms with van der Waals surface area (Å²) in [4.78, 5) is 16.0. The van der Waals surface area contributed by atoms with Gasteiger partial charge in [-0.25, -0.2) is 0 Å². The highest BCUT2D eigenvalue weighted by Gasteiger charge is 2.59. The quantitative estimate of drug-likeness (QED) is 0.609. The Kier molecular flexibility index (Phi) is 5.47. The van der Waals surface area contributed by atoms with Crippen molar-refractivity contribution in [1.82, 2.24) is 10.9 Å². The molecule has 2 aromatic carbocycles. The Morgan fingerprint density at radius 3 is 2.43 bits per heavy atom. The second-order valence-corrected chi connectivity index (χ2v) is 6.91. The number of nitrogens with one attached hydrogen (secondary N) is 3. The molecular weight excluding hydrogens is 418 g/mol. The number of alkyl halides is 3. The van der Waals surface area contributed by atoms with E-state index in [1.807, 2.05) is 0 Å². The largest absolute Gasteiger partial charge is 0.428 e. The molecule has 2 aromatic rings. The number of carbonyl (C=O) groups excluding carboxylic acids is 1. The molecule has 3 N–H and O–H groups in total. The highest BCUT2D eigenvalue weighted by atomic mass is 35.5. The standard InChI is InChI=1S/C18H14Cl2F3N3O2/c1-10(27)24-25-15-4-2-3-11(5-15)16-9-17(28-26-16,18(21,22)23)12-6-13(19)8-14(20)7-12/h2-9,25-26H,1H3,(H,24,27). The minimum Gasteiger partial charge on any atom is -0.299 e. The number of hydrogen-bond donors (Lipinski definition) is 3. The number of rotatable bonds is 4. The predicted octanol–water partition coefficient (Wildman–Crippen LogP) is 4.79. The van der Waals surface area contributed by atoms with Crippen molar-refractivity contribution in [2.24, 2.45) is 0 Å². The summed E-state index contributed by atoms with van der Waals surface area (Å²) in [5.41, 5.74) is 5.35. The molecule has 3 rings (SSSR count). The molecule has 0 aliphatic carbocycles. The first-order chi connectivity index (χ1) is 13.1. The Labute approximate surface area is 168 Å². The number of carbonyl (C=O) groups is 1. The zero-order valence-corrected chi connectivity index (χ0v) is 15.8. The number of anilines is 1. The van der Waals surface area contributed by atoms with Gasteiger partial charge in [0, 0.05) is 28.1 Å². The van der Waals surface area contributed by atoms with Crippen molar-refractivity contribution < 1.29 is 22.8 Å². The van der Waals surface area contributed by atoms with Crippen LogP contribution < -0.4 is 16.3 Å². The van der Waals surface area contributed by atoms with Crippen molar-refractivity contribution in [3.8, 4) is 0 Å². The van der Waals surface area contributed by atoms with Gasteiger partial charge in [0.05, 0.1) is 11.4 Å². The molecule has 1 unspecified atom stereocenters. The summed E-state index contributed by atoms with van der Waals surface area (Å²) >= 11 is 11.8. The minimum atomic E-state index is -4.79. The third kappa shape index (κ3) is 4.04. The Morgan fingerprint density at radius 2 is 1.82 bits per heavy atom. The van der Waals surface area contributed by atoms with Gasteiger partial charge >= 0.3 is 6.18 Å².